The summed E-state index contributed by atoms with van der Waals surface area (Å²) in [4.78, 5) is 14.8. The molecule has 1 aliphatic rings. The molecule has 1 aliphatic heterocycles. The van der Waals surface area contributed by atoms with Crippen LogP contribution in [0.5, 0.6) is 0 Å². The monoisotopic (exact) mass is 447 g/mol. The van der Waals surface area contributed by atoms with Crippen LogP contribution in [-0.4, -0.2) is 50.2 Å². The maximum atomic E-state index is 13.1. The van der Waals surface area contributed by atoms with Crippen LogP contribution in [0.1, 0.15) is 30.9 Å². The lowest BCUT2D eigenvalue weighted by Gasteiger charge is -2.31. The number of carbonyl (C=O) groups excluding carboxylic acids is 1. The van der Waals surface area contributed by atoms with E-state index >= 15 is 0 Å². The number of likely N-dealkylation sites (tertiary alicyclic amines) is 1. The molecule has 6 nitrogen and oxygen atoms in total. The minimum Gasteiger partial charge on any atom is -0.351 e. The fourth-order valence-electron chi connectivity index (χ4n) is 3.88. The summed E-state index contributed by atoms with van der Waals surface area (Å²) in [5.74, 6) is -0.217. The van der Waals surface area contributed by atoms with E-state index in [0.717, 1.165) is 41.6 Å². The van der Waals surface area contributed by atoms with E-state index in [9.17, 15) is 17.6 Å². The molecule has 2 aromatic rings. The maximum Gasteiger partial charge on any atom is 0.243 e. The number of sulfonamides is 1. The average molecular weight is 448 g/mol. The molecule has 1 N–H and O–H groups in total. The topological polar surface area (TPSA) is 69.7 Å². The zero-order valence-corrected chi connectivity index (χ0v) is 18.9. The second-order valence-electron chi connectivity index (χ2n) is 8.24. The van der Waals surface area contributed by atoms with Crippen molar-refractivity contribution in [2.24, 2.45) is 5.92 Å². The lowest BCUT2D eigenvalue weighted by atomic mass is 9.99. The molecule has 0 saturated carbocycles. The molecule has 2 aromatic carbocycles. The van der Waals surface area contributed by atoms with Crippen molar-refractivity contribution in [2.75, 3.05) is 26.7 Å². The Kier molecular flexibility index (Phi) is 7.80. The number of hydrogen-bond acceptors (Lipinski definition) is 4. The van der Waals surface area contributed by atoms with Gasteiger partial charge >= 0.3 is 0 Å². The number of nitrogens with zero attached hydrogens (tertiary/aromatic N) is 2. The predicted molar refractivity (Wildman–Crippen MR) is 118 cm³/mol. The van der Waals surface area contributed by atoms with E-state index in [2.05, 4.69) is 23.2 Å². The third kappa shape index (κ3) is 6.35. The quantitative estimate of drug-likeness (QED) is 0.676. The highest BCUT2D eigenvalue weighted by molar-refractivity contribution is 7.89. The number of carbonyl (C=O) groups is 1. The van der Waals surface area contributed by atoms with Gasteiger partial charge in [0.05, 0.1) is 11.4 Å². The number of benzene rings is 2. The van der Waals surface area contributed by atoms with Crippen molar-refractivity contribution in [1.82, 2.24) is 14.5 Å². The van der Waals surface area contributed by atoms with Gasteiger partial charge in [-0.25, -0.2) is 12.8 Å². The molecule has 8 heteroatoms. The van der Waals surface area contributed by atoms with E-state index in [-0.39, 0.29) is 11.4 Å². The zero-order valence-electron chi connectivity index (χ0n) is 18.1. The highest BCUT2D eigenvalue weighted by Crippen LogP contribution is 2.20. The molecule has 1 saturated heterocycles. The van der Waals surface area contributed by atoms with Gasteiger partial charge in [-0.1, -0.05) is 31.2 Å². The summed E-state index contributed by atoms with van der Waals surface area (Å²) in [6, 6.07) is 12.6. The number of hydrogen-bond donors (Lipinski definition) is 1. The molecule has 0 radical (unpaired) electrons. The lowest BCUT2D eigenvalue weighted by Crippen LogP contribution is -2.38. The molecular weight excluding hydrogens is 417 g/mol. The first kappa shape index (κ1) is 23.4. The SMILES string of the molecule is CC1CCCN(Cc2ccccc2CNC(=O)CN(C)S(=O)(=O)c2ccc(F)cc2)C1. The van der Waals surface area contributed by atoms with Crippen LogP contribution in [-0.2, 0) is 27.9 Å². The van der Waals surface area contributed by atoms with Gasteiger partial charge in [0.25, 0.3) is 0 Å². The predicted octanol–water partition coefficient (Wildman–Crippen LogP) is 2.99. The number of rotatable bonds is 8. The first-order valence-corrected chi connectivity index (χ1v) is 12.0. The Hall–Kier alpha value is -2.29. The van der Waals surface area contributed by atoms with Crippen molar-refractivity contribution in [2.45, 2.75) is 37.8 Å². The summed E-state index contributed by atoms with van der Waals surface area (Å²) >= 11 is 0. The van der Waals surface area contributed by atoms with Gasteiger partial charge in [-0.15, -0.1) is 0 Å². The van der Waals surface area contributed by atoms with Gasteiger partial charge in [0.1, 0.15) is 5.82 Å². The smallest absolute Gasteiger partial charge is 0.243 e. The Bertz CT molecular complexity index is 995. The highest BCUT2D eigenvalue weighted by atomic mass is 32.2. The number of nitrogens with one attached hydrogen (secondary N) is 1. The Labute approximate surface area is 184 Å². The first-order valence-electron chi connectivity index (χ1n) is 10.5. The highest BCUT2D eigenvalue weighted by Gasteiger charge is 2.23. The van der Waals surface area contributed by atoms with Crippen LogP contribution < -0.4 is 5.32 Å². The van der Waals surface area contributed by atoms with Gasteiger partial charge in [-0.2, -0.15) is 4.31 Å². The molecule has 0 spiro atoms. The fraction of sp³-hybridized carbons (Fsp3) is 0.435. The summed E-state index contributed by atoms with van der Waals surface area (Å²) < 4.78 is 39.2. The maximum absolute atomic E-state index is 13.1. The molecule has 1 heterocycles. The molecule has 0 aliphatic carbocycles. The largest absolute Gasteiger partial charge is 0.351 e. The summed E-state index contributed by atoms with van der Waals surface area (Å²) in [6.45, 7) is 5.29. The van der Waals surface area contributed by atoms with Gasteiger partial charge in [0.2, 0.25) is 15.9 Å². The minimum absolute atomic E-state index is 0.0506. The Morgan fingerprint density at radius 3 is 2.52 bits per heavy atom. The van der Waals surface area contributed by atoms with Gasteiger partial charge < -0.3 is 5.32 Å². The van der Waals surface area contributed by atoms with Gasteiger partial charge in [-0.3, -0.25) is 9.69 Å². The van der Waals surface area contributed by atoms with E-state index in [1.165, 1.54) is 37.6 Å². The molecule has 0 bridgehead atoms. The third-order valence-corrected chi connectivity index (χ3v) is 7.44. The number of amides is 1. The fourth-order valence-corrected chi connectivity index (χ4v) is 5.01. The summed E-state index contributed by atoms with van der Waals surface area (Å²) in [5.41, 5.74) is 2.20. The van der Waals surface area contributed by atoms with Gasteiger partial charge in [0.15, 0.2) is 0 Å². The van der Waals surface area contributed by atoms with Crippen molar-refractivity contribution < 1.29 is 17.6 Å². The molecule has 3 rings (SSSR count). The number of likely N-dealkylation sites (N-methyl/N-ethyl adjacent to an activating group) is 1. The van der Waals surface area contributed by atoms with Crippen LogP contribution in [0.4, 0.5) is 4.39 Å². The van der Waals surface area contributed by atoms with Crippen molar-refractivity contribution in [1.29, 1.82) is 0 Å². The van der Waals surface area contributed by atoms with Crippen molar-refractivity contribution >= 4 is 15.9 Å². The van der Waals surface area contributed by atoms with E-state index in [0.29, 0.717) is 12.5 Å². The normalized spacial score (nSPS) is 17.6. The molecule has 168 valence electrons. The standard InChI is InChI=1S/C23H30FN3O3S/c1-18-6-5-13-27(15-18)16-20-8-4-3-7-19(20)14-25-23(28)17-26(2)31(29,30)22-11-9-21(24)10-12-22/h3-4,7-12,18H,5-6,13-17H2,1-2H3,(H,25,28). The van der Waals surface area contributed by atoms with Crippen molar-refractivity contribution in [3.63, 3.8) is 0 Å². The molecule has 31 heavy (non-hydrogen) atoms. The van der Waals surface area contributed by atoms with Crippen LogP contribution in [0.25, 0.3) is 0 Å². The van der Waals surface area contributed by atoms with Crippen LogP contribution >= 0.6 is 0 Å². The summed E-state index contributed by atoms with van der Waals surface area (Å²) in [6.07, 6.45) is 2.47. The third-order valence-electron chi connectivity index (χ3n) is 5.62. The lowest BCUT2D eigenvalue weighted by molar-refractivity contribution is -0.121. The summed E-state index contributed by atoms with van der Waals surface area (Å²) in [7, 11) is -2.53. The Morgan fingerprint density at radius 2 is 1.84 bits per heavy atom. The van der Waals surface area contributed by atoms with Crippen LogP contribution in [0.3, 0.4) is 0 Å². The van der Waals surface area contributed by atoms with E-state index in [1.54, 1.807) is 0 Å². The first-order chi connectivity index (χ1) is 14.8. The van der Waals surface area contributed by atoms with Crippen molar-refractivity contribution in [3.8, 4) is 0 Å². The summed E-state index contributed by atoms with van der Waals surface area (Å²) in [5, 5.41) is 2.83. The molecule has 1 unspecified atom stereocenters. The average Bonchev–Trinajstić information content (AvgIpc) is 2.73. The molecule has 0 aromatic heterocycles. The zero-order chi connectivity index (χ0) is 22.4. The van der Waals surface area contributed by atoms with Gasteiger partial charge in [-0.05, 0) is 60.7 Å². The molecule has 1 fully saturated rings. The minimum atomic E-state index is -3.87. The Balaban J connectivity index is 1.57. The molecule has 1 amide bonds. The van der Waals surface area contributed by atoms with E-state index in [1.807, 2.05) is 18.2 Å². The number of piperidine rings is 1. The molecule has 1 atom stereocenters. The van der Waals surface area contributed by atoms with Crippen LogP contribution in [0, 0.1) is 11.7 Å². The van der Waals surface area contributed by atoms with Gasteiger partial charge in [0, 0.05) is 26.7 Å². The van der Waals surface area contributed by atoms with Crippen molar-refractivity contribution in [3.05, 3.63) is 65.5 Å². The molecular formula is C23H30FN3O3S. The second-order valence-corrected chi connectivity index (χ2v) is 10.3. The van der Waals surface area contributed by atoms with Crippen LogP contribution in [0.2, 0.25) is 0 Å². The van der Waals surface area contributed by atoms with E-state index < -0.39 is 21.7 Å². The Morgan fingerprint density at radius 1 is 1.16 bits per heavy atom. The number of halogens is 1. The van der Waals surface area contributed by atoms with E-state index in [4.69, 9.17) is 0 Å². The van der Waals surface area contributed by atoms with Crippen LogP contribution in [0.15, 0.2) is 53.4 Å². The second kappa shape index (κ2) is 10.3.